The molecule has 0 saturated carbocycles. The minimum absolute atomic E-state index is 0.0186. The van der Waals surface area contributed by atoms with Crippen LogP contribution in [0.3, 0.4) is 0 Å². The highest BCUT2D eigenvalue weighted by molar-refractivity contribution is 5.87. The SMILES string of the molecule is CC(C)[C@H](NC(=O)N1CCOCC1)C(=O)N1CCOCC1. The van der Waals surface area contributed by atoms with Crippen molar-refractivity contribution in [3.05, 3.63) is 0 Å². The second-order valence-corrected chi connectivity index (χ2v) is 5.71. The first-order valence-electron chi connectivity index (χ1n) is 7.59. The number of hydrogen-bond donors (Lipinski definition) is 1. The molecule has 2 heterocycles. The molecule has 7 nitrogen and oxygen atoms in total. The fourth-order valence-electron chi connectivity index (χ4n) is 2.48. The van der Waals surface area contributed by atoms with Crippen molar-refractivity contribution in [2.45, 2.75) is 19.9 Å². The molecule has 0 radical (unpaired) electrons. The van der Waals surface area contributed by atoms with Crippen molar-refractivity contribution in [2.75, 3.05) is 52.6 Å². The van der Waals surface area contributed by atoms with E-state index in [1.807, 2.05) is 13.8 Å². The summed E-state index contributed by atoms with van der Waals surface area (Å²) in [7, 11) is 0. The van der Waals surface area contributed by atoms with E-state index >= 15 is 0 Å². The van der Waals surface area contributed by atoms with E-state index in [1.165, 1.54) is 0 Å². The molecular weight excluding hydrogens is 274 g/mol. The summed E-state index contributed by atoms with van der Waals surface area (Å²) in [6.45, 7) is 8.46. The molecule has 0 aliphatic carbocycles. The van der Waals surface area contributed by atoms with Crippen LogP contribution in [0.15, 0.2) is 0 Å². The maximum atomic E-state index is 12.6. The largest absolute Gasteiger partial charge is 0.378 e. The van der Waals surface area contributed by atoms with Gasteiger partial charge in [-0.3, -0.25) is 4.79 Å². The number of urea groups is 1. The van der Waals surface area contributed by atoms with Gasteiger partial charge in [-0.05, 0) is 5.92 Å². The third-order valence-corrected chi connectivity index (χ3v) is 3.83. The van der Waals surface area contributed by atoms with Gasteiger partial charge in [0, 0.05) is 26.2 Å². The number of rotatable bonds is 3. The monoisotopic (exact) mass is 299 g/mol. The standard InChI is InChI=1S/C14H25N3O4/c1-11(2)12(13(18)16-3-7-20-8-4-16)15-14(19)17-5-9-21-10-6-17/h11-12H,3-10H2,1-2H3,(H,15,19)/t12-/m0/s1. The zero-order chi connectivity index (χ0) is 15.2. The van der Waals surface area contributed by atoms with Gasteiger partial charge in [-0.2, -0.15) is 0 Å². The average Bonchev–Trinajstić information content (AvgIpc) is 2.53. The van der Waals surface area contributed by atoms with Crippen molar-refractivity contribution in [2.24, 2.45) is 5.92 Å². The van der Waals surface area contributed by atoms with Crippen LogP contribution in [0.5, 0.6) is 0 Å². The highest BCUT2D eigenvalue weighted by Gasteiger charge is 2.31. The minimum atomic E-state index is -0.488. The summed E-state index contributed by atoms with van der Waals surface area (Å²) in [4.78, 5) is 28.3. The lowest BCUT2D eigenvalue weighted by atomic mass is 10.0. The van der Waals surface area contributed by atoms with Crippen LogP contribution in [0, 0.1) is 5.92 Å². The Morgan fingerprint density at radius 2 is 1.38 bits per heavy atom. The summed E-state index contributed by atoms with van der Waals surface area (Å²) >= 11 is 0. The van der Waals surface area contributed by atoms with E-state index in [0.717, 1.165) is 0 Å². The molecular formula is C14H25N3O4. The molecule has 0 aromatic rings. The molecule has 3 amide bonds. The lowest BCUT2D eigenvalue weighted by Gasteiger charge is -2.34. The summed E-state index contributed by atoms with van der Waals surface area (Å²) < 4.78 is 10.5. The maximum absolute atomic E-state index is 12.6. The van der Waals surface area contributed by atoms with Gasteiger partial charge in [0.25, 0.3) is 0 Å². The van der Waals surface area contributed by atoms with Gasteiger partial charge in [-0.15, -0.1) is 0 Å². The number of hydrogen-bond acceptors (Lipinski definition) is 4. The predicted octanol–water partition coefficient (Wildman–Crippen LogP) is -0.0884. The maximum Gasteiger partial charge on any atom is 0.318 e. The summed E-state index contributed by atoms with van der Waals surface area (Å²) in [5.41, 5.74) is 0. The van der Waals surface area contributed by atoms with Crippen molar-refractivity contribution in [1.29, 1.82) is 0 Å². The van der Waals surface area contributed by atoms with Crippen molar-refractivity contribution in [3.63, 3.8) is 0 Å². The second-order valence-electron chi connectivity index (χ2n) is 5.71. The average molecular weight is 299 g/mol. The molecule has 0 unspecified atom stereocenters. The first-order valence-corrected chi connectivity index (χ1v) is 7.59. The van der Waals surface area contributed by atoms with Gasteiger partial charge >= 0.3 is 6.03 Å². The van der Waals surface area contributed by atoms with Crippen LogP contribution in [0.4, 0.5) is 4.79 Å². The van der Waals surface area contributed by atoms with Crippen molar-refractivity contribution < 1.29 is 19.1 Å². The van der Waals surface area contributed by atoms with E-state index < -0.39 is 6.04 Å². The van der Waals surface area contributed by atoms with Gasteiger partial charge in [0.05, 0.1) is 26.4 Å². The van der Waals surface area contributed by atoms with E-state index in [0.29, 0.717) is 52.6 Å². The number of nitrogens with zero attached hydrogens (tertiary/aromatic N) is 2. The number of nitrogens with one attached hydrogen (secondary N) is 1. The fraction of sp³-hybridized carbons (Fsp3) is 0.857. The van der Waals surface area contributed by atoms with Crippen LogP contribution >= 0.6 is 0 Å². The summed E-state index contributed by atoms with van der Waals surface area (Å²) in [5, 5.41) is 2.88. The summed E-state index contributed by atoms with van der Waals surface area (Å²) in [6.07, 6.45) is 0. The first-order chi connectivity index (χ1) is 10.1. The Labute approximate surface area is 125 Å². The van der Waals surface area contributed by atoms with Crippen molar-refractivity contribution in [3.8, 4) is 0 Å². The number of morpholine rings is 2. The molecule has 2 saturated heterocycles. The molecule has 0 aromatic heterocycles. The van der Waals surface area contributed by atoms with E-state index in [-0.39, 0.29) is 17.9 Å². The van der Waals surface area contributed by atoms with Gasteiger partial charge < -0.3 is 24.6 Å². The smallest absolute Gasteiger partial charge is 0.318 e. The molecule has 0 aromatic carbocycles. The van der Waals surface area contributed by atoms with Crippen LogP contribution < -0.4 is 5.32 Å². The Morgan fingerprint density at radius 3 is 1.86 bits per heavy atom. The van der Waals surface area contributed by atoms with Gasteiger partial charge in [0.15, 0.2) is 0 Å². The molecule has 2 aliphatic rings. The normalized spacial score (nSPS) is 21.3. The van der Waals surface area contributed by atoms with E-state index in [2.05, 4.69) is 5.32 Å². The summed E-state index contributed by atoms with van der Waals surface area (Å²) in [5.74, 6) is 0.0280. The quantitative estimate of drug-likeness (QED) is 0.791. The number of carbonyl (C=O) groups is 2. The zero-order valence-electron chi connectivity index (χ0n) is 12.8. The highest BCUT2D eigenvalue weighted by Crippen LogP contribution is 2.09. The van der Waals surface area contributed by atoms with E-state index in [1.54, 1.807) is 9.80 Å². The van der Waals surface area contributed by atoms with Crippen LogP contribution in [0.1, 0.15) is 13.8 Å². The topological polar surface area (TPSA) is 71.1 Å². The minimum Gasteiger partial charge on any atom is -0.378 e. The van der Waals surface area contributed by atoms with Gasteiger partial charge in [-0.25, -0.2) is 4.79 Å². The van der Waals surface area contributed by atoms with E-state index in [4.69, 9.17) is 9.47 Å². The molecule has 21 heavy (non-hydrogen) atoms. The van der Waals surface area contributed by atoms with Crippen LogP contribution in [0.2, 0.25) is 0 Å². The van der Waals surface area contributed by atoms with Gasteiger partial charge in [0.2, 0.25) is 5.91 Å². The zero-order valence-corrected chi connectivity index (χ0v) is 12.8. The van der Waals surface area contributed by atoms with Gasteiger partial charge in [-0.1, -0.05) is 13.8 Å². The molecule has 2 fully saturated rings. The van der Waals surface area contributed by atoms with Gasteiger partial charge in [0.1, 0.15) is 6.04 Å². The molecule has 0 spiro atoms. The number of carbonyl (C=O) groups excluding carboxylic acids is 2. The Hall–Kier alpha value is -1.34. The van der Waals surface area contributed by atoms with Crippen LogP contribution in [-0.2, 0) is 14.3 Å². The molecule has 1 atom stereocenters. The lowest BCUT2D eigenvalue weighted by molar-refractivity contribution is -0.138. The molecule has 7 heteroatoms. The Kier molecular flexibility index (Phi) is 5.81. The fourth-order valence-corrected chi connectivity index (χ4v) is 2.48. The van der Waals surface area contributed by atoms with E-state index in [9.17, 15) is 9.59 Å². The molecule has 1 N–H and O–H groups in total. The van der Waals surface area contributed by atoms with Crippen molar-refractivity contribution >= 4 is 11.9 Å². The molecule has 0 bridgehead atoms. The van der Waals surface area contributed by atoms with Crippen molar-refractivity contribution in [1.82, 2.24) is 15.1 Å². The molecule has 120 valence electrons. The number of amides is 3. The highest BCUT2D eigenvalue weighted by atomic mass is 16.5. The van der Waals surface area contributed by atoms with Crippen LogP contribution in [-0.4, -0.2) is 80.4 Å². The Morgan fingerprint density at radius 1 is 0.905 bits per heavy atom. The second kappa shape index (κ2) is 7.61. The Balaban J connectivity index is 1.94. The number of ether oxygens (including phenoxy) is 2. The Bertz CT molecular complexity index is 363. The third kappa shape index (κ3) is 4.31. The molecule has 2 rings (SSSR count). The summed E-state index contributed by atoms with van der Waals surface area (Å²) in [6, 6.07) is -0.669. The lowest BCUT2D eigenvalue weighted by Crippen LogP contribution is -2.57. The molecule has 2 aliphatic heterocycles. The van der Waals surface area contributed by atoms with Crippen LogP contribution in [0.25, 0.3) is 0 Å². The first kappa shape index (κ1) is 16.0. The predicted molar refractivity (Wildman–Crippen MR) is 76.9 cm³/mol. The third-order valence-electron chi connectivity index (χ3n) is 3.83.